The second-order valence-electron chi connectivity index (χ2n) is 10.4. The molecule has 1 heterocycles. The Labute approximate surface area is 207 Å². The summed E-state index contributed by atoms with van der Waals surface area (Å²) in [5.74, 6) is 1.06. The van der Waals surface area contributed by atoms with Gasteiger partial charge in [0.15, 0.2) is 0 Å². The summed E-state index contributed by atoms with van der Waals surface area (Å²) in [5.41, 5.74) is 7.82. The highest BCUT2D eigenvalue weighted by molar-refractivity contribution is 6.30. The number of hydrogen-bond acceptors (Lipinski definition) is 2. The molecule has 3 aromatic carbocycles. The number of halogens is 1. The number of fused-ring (bicyclic) bond motifs is 1. The van der Waals surface area contributed by atoms with Gasteiger partial charge in [-0.15, -0.1) is 0 Å². The lowest BCUT2D eigenvalue weighted by Gasteiger charge is -2.32. The minimum Gasteiger partial charge on any atom is -0.373 e. The van der Waals surface area contributed by atoms with Crippen LogP contribution < -0.4 is 0 Å². The Kier molecular flexibility index (Phi) is 5.64. The maximum Gasteiger partial charge on any atom is 0.0913 e. The first kappa shape index (κ1) is 22.1. The molecule has 3 unspecified atom stereocenters. The number of rotatable bonds is 7. The largest absolute Gasteiger partial charge is 0.373 e. The molecule has 3 aliphatic rings. The normalized spacial score (nSPS) is 29.1. The van der Waals surface area contributed by atoms with Gasteiger partial charge in [0.2, 0.25) is 0 Å². The van der Waals surface area contributed by atoms with Crippen molar-refractivity contribution < 1.29 is 9.47 Å². The van der Waals surface area contributed by atoms with Crippen LogP contribution in [0.2, 0.25) is 5.02 Å². The van der Waals surface area contributed by atoms with Crippen molar-refractivity contribution in [2.75, 3.05) is 13.2 Å². The Morgan fingerprint density at radius 2 is 1.65 bits per heavy atom. The first-order valence-corrected chi connectivity index (χ1v) is 12.7. The van der Waals surface area contributed by atoms with Gasteiger partial charge in [-0.3, -0.25) is 0 Å². The van der Waals surface area contributed by atoms with E-state index in [1.807, 2.05) is 12.1 Å². The van der Waals surface area contributed by atoms with Crippen LogP contribution in [-0.4, -0.2) is 13.2 Å². The minimum absolute atomic E-state index is 0.00118. The molecule has 1 saturated heterocycles. The number of aryl methyl sites for hydroxylation is 2. The lowest BCUT2D eigenvalue weighted by atomic mass is 9.83. The van der Waals surface area contributed by atoms with Gasteiger partial charge in [-0.2, -0.15) is 0 Å². The number of ether oxygens (including phenoxy) is 2. The summed E-state index contributed by atoms with van der Waals surface area (Å²) in [5, 5.41) is 0.760. The fourth-order valence-electron chi connectivity index (χ4n) is 5.73. The summed E-state index contributed by atoms with van der Waals surface area (Å²) in [6, 6.07) is 25.8. The highest BCUT2D eigenvalue weighted by Crippen LogP contribution is 2.72. The third-order valence-electron chi connectivity index (χ3n) is 7.93. The van der Waals surface area contributed by atoms with Crippen molar-refractivity contribution in [2.45, 2.75) is 38.9 Å². The van der Waals surface area contributed by atoms with Crippen molar-refractivity contribution in [2.24, 2.45) is 17.3 Å². The molecule has 0 spiro atoms. The summed E-state index contributed by atoms with van der Waals surface area (Å²) in [7, 11) is 0. The molecule has 0 N–H and O–H groups in total. The van der Waals surface area contributed by atoms with Crippen LogP contribution in [-0.2, 0) is 9.47 Å². The first-order chi connectivity index (χ1) is 16.5. The molecule has 0 aromatic heterocycles. The highest BCUT2D eigenvalue weighted by Gasteiger charge is 2.69. The molecule has 3 fully saturated rings. The third-order valence-corrected chi connectivity index (χ3v) is 8.18. The van der Waals surface area contributed by atoms with E-state index >= 15 is 0 Å². The Hall–Kier alpha value is -2.39. The second-order valence-corrected chi connectivity index (χ2v) is 10.9. The molecule has 0 radical (unpaired) electrons. The quantitative estimate of drug-likeness (QED) is 0.349. The lowest BCUT2D eigenvalue weighted by Crippen LogP contribution is -2.25. The standard InChI is InChI=1S/C31H31ClO2/c1-20-3-7-22(8-4-20)15-25-16-26(25)18-33-29(23-9-5-21(2)6-10-23)31-17-27(31)19-34-30(31)24-11-13-28(32)14-12-24/h3-15,26-27,29-30H,16-19H2,1-2H3/b25-15+/t26?,27?,29-,30-,31?/m0/s1. The van der Waals surface area contributed by atoms with E-state index in [0.29, 0.717) is 11.8 Å². The lowest BCUT2D eigenvalue weighted by molar-refractivity contribution is -0.0530. The van der Waals surface area contributed by atoms with Crippen LogP contribution in [0.15, 0.2) is 78.4 Å². The van der Waals surface area contributed by atoms with E-state index < -0.39 is 0 Å². The summed E-state index contributed by atoms with van der Waals surface area (Å²) in [6.45, 7) is 5.84. The smallest absolute Gasteiger partial charge is 0.0913 e. The van der Waals surface area contributed by atoms with Gasteiger partial charge in [0.1, 0.15) is 0 Å². The van der Waals surface area contributed by atoms with Gasteiger partial charge in [-0.05, 0) is 61.4 Å². The monoisotopic (exact) mass is 470 g/mol. The van der Waals surface area contributed by atoms with Gasteiger partial charge in [0.25, 0.3) is 0 Å². The maximum absolute atomic E-state index is 6.84. The Morgan fingerprint density at radius 3 is 2.32 bits per heavy atom. The molecule has 1 aliphatic heterocycles. The molecule has 3 heteroatoms. The van der Waals surface area contributed by atoms with E-state index in [1.165, 1.54) is 33.4 Å². The van der Waals surface area contributed by atoms with Gasteiger partial charge in [0, 0.05) is 16.4 Å². The zero-order chi connectivity index (χ0) is 23.3. The van der Waals surface area contributed by atoms with E-state index in [4.69, 9.17) is 21.1 Å². The van der Waals surface area contributed by atoms with Crippen LogP contribution in [0.25, 0.3) is 6.08 Å². The van der Waals surface area contributed by atoms with E-state index in [1.54, 1.807) is 0 Å². The average molecular weight is 471 g/mol. The van der Waals surface area contributed by atoms with Gasteiger partial charge >= 0.3 is 0 Å². The SMILES string of the molecule is Cc1ccc(/C=C2\CC2CO[C@@H](c2ccc(C)cc2)C23CC2CO[C@H]3c2ccc(Cl)cc2)cc1. The van der Waals surface area contributed by atoms with Crippen molar-refractivity contribution in [3.05, 3.63) is 111 Å². The predicted octanol–water partition coefficient (Wildman–Crippen LogP) is 7.90. The van der Waals surface area contributed by atoms with Crippen molar-refractivity contribution in [3.63, 3.8) is 0 Å². The van der Waals surface area contributed by atoms with E-state index in [-0.39, 0.29) is 17.6 Å². The summed E-state index contributed by atoms with van der Waals surface area (Å²) in [6.07, 6.45) is 4.68. The Balaban J connectivity index is 1.24. The summed E-state index contributed by atoms with van der Waals surface area (Å²) >= 11 is 6.17. The molecular weight excluding hydrogens is 440 g/mol. The van der Waals surface area contributed by atoms with Gasteiger partial charge < -0.3 is 9.47 Å². The predicted molar refractivity (Wildman–Crippen MR) is 138 cm³/mol. The van der Waals surface area contributed by atoms with Crippen molar-refractivity contribution in [1.82, 2.24) is 0 Å². The molecule has 2 nitrogen and oxygen atoms in total. The molecule has 174 valence electrons. The molecule has 2 saturated carbocycles. The topological polar surface area (TPSA) is 18.5 Å². The zero-order valence-corrected chi connectivity index (χ0v) is 20.6. The van der Waals surface area contributed by atoms with Gasteiger partial charge in [-0.25, -0.2) is 0 Å². The highest BCUT2D eigenvalue weighted by atomic mass is 35.5. The van der Waals surface area contributed by atoms with Crippen LogP contribution in [0, 0.1) is 31.1 Å². The molecule has 6 rings (SSSR count). The minimum atomic E-state index is -0.00118. The third kappa shape index (κ3) is 4.13. The van der Waals surface area contributed by atoms with Crippen LogP contribution in [0.4, 0.5) is 0 Å². The van der Waals surface area contributed by atoms with Crippen LogP contribution in [0.5, 0.6) is 0 Å². The molecule has 0 bridgehead atoms. The van der Waals surface area contributed by atoms with E-state index in [0.717, 1.165) is 31.1 Å². The molecule has 5 atom stereocenters. The number of hydrogen-bond donors (Lipinski definition) is 0. The fraction of sp³-hybridized carbons (Fsp3) is 0.355. The van der Waals surface area contributed by atoms with Crippen molar-refractivity contribution in [3.8, 4) is 0 Å². The van der Waals surface area contributed by atoms with Crippen LogP contribution in [0.1, 0.15) is 52.9 Å². The van der Waals surface area contributed by atoms with Gasteiger partial charge in [0.05, 0.1) is 25.4 Å². The summed E-state index contributed by atoms with van der Waals surface area (Å²) < 4.78 is 13.2. The van der Waals surface area contributed by atoms with E-state index in [9.17, 15) is 0 Å². The first-order valence-electron chi connectivity index (χ1n) is 12.4. The Bertz CT molecular complexity index is 1200. The molecule has 34 heavy (non-hydrogen) atoms. The molecule has 2 aliphatic carbocycles. The molecule has 0 amide bonds. The summed E-state index contributed by atoms with van der Waals surface area (Å²) in [4.78, 5) is 0. The van der Waals surface area contributed by atoms with Crippen molar-refractivity contribution in [1.29, 1.82) is 0 Å². The average Bonchev–Trinajstić information content (AvgIpc) is 3.73. The van der Waals surface area contributed by atoms with E-state index in [2.05, 4.69) is 80.6 Å². The molecular formula is C31H31ClO2. The second kappa shape index (κ2) is 8.68. The zero-order valence-electron chi connectivity index (χ0n) is 19.8. The maximum atomic E-state index is 6.84. The molecule has 3 aromatic rings. The van der Waals surface area contributed by atoms with Crippen molar-refractivity contribution >= 4 is 17.7 Å². The van der Waals surface area contributed by atoms with Crippen LogP contribution in [0.3, 0.4) is 0 Å². The number of benzene rings is 3. The fourth-order valence-corrected chi connectivity index (χ4v) is 5.86. The van der Waals surface area contributed by atoms with Crippen LogP contribution >= 0.6 is 11.6 Å². The van der Waals surface area contributed by atoms with Gasteiger partial charge in [-0.1, -0.05) is 95.0 Å². The Morgan fingerprint density at radius 1 is 0.971 bits per heavy atom.